The molecule has 0 bridgehead atoms. The number of rotatable bonds is 5. The van der Waals surface area contributed by atoms with Gasteiger partial charge in [0.25, 0.3) is 0 Å². The molecule has 0 saturated heterocycles. The molecule has 0 N–H and O–H groups in total. The molecule has 0 aliphatic carbocycles. The molecule has 0 radical (unpaired) electrons. The maximum Gasteiger partial charge on any atom is 0.234 e. The normalized spacial score (nSPS) is 11.2. The summed E-state index contributed by atoms with van der Waals surface area (Å²) in [6, 6.07) is 11.6. The molecular formula is C18H12ClFN2O2S2. The number of carbonyl (C=O) groups excluding carboxylic acids is 1. The maximum absolute atomic E-state index is 13.5. The zero-order valence-corrected chi connectivity index (χ0v) is 15.7. The highest BCUT2D eigenvalue weighted by atomic mass is 35.5. The predicted octanol–water partition coefficient (Wildman–Crippen LogP) is 5.52. The van der Waals surface area contributed by atoms with Gasteiger partial charge in [-0.05, 0) is 42.5 Å². The average Bonchev–Trinajstić information content (AvgIpc) is 3.33. The fourth-order valence-electron chi connectivity index (χ4n) is 2.51. The van der Waals surface area contributed by atoms with Crippen molar-refractivity contribution >= 4 is 55.5 Å². The highest BCUT2D eigenvalue weighted by Gasteiger charge is 2.22. The van der Waals surface area contributed by atoms with Crippen molar-refractivity contribution in [1.29, 1.82) is 0 Å². The molecule has 0 aliphatic heterocycles. The Morgan fingerprint density at radius 1 is 1.23 bits per heavy atom. The Kier molecular flexibility index (Phi) is 4.76. The van der Waals surface area contributed by atoms with Crippen molar-refractivity contribution in [1.82, 2.24) is 4.98 Å². The topological polar surface area (TPSA) is 46.3 Å². The lowest BCUT2D eigenvalue weighted by Gasteiger charge is -2.18. The van der Waals surface area contributed by atoms with Crippen LogP contribution in [0.1, 0.15) is 10.6 Å². The largest absolute Gasteiger partial charge is 0.467 e. The van der Waals surface area contributed by atoms with Crippen LogP contribution in [0.3, 0.4) is 0 Å². The van der Waals surface area contributed by atoms with Crippen molar-refractivity contribution in [3.05, 3.63) is 69.5 Å². The van der Waals surface area contributed by atoms with Gasteiger partial charge >= 0.3 is 0 Å². The predicted molar refractivity (Wildman–Crippen MR) is 103 cm³/mol. The first-order valence-electron chi connectivity index (χ1n) is 7.71. The molecule has 4 rings (SSSR count). The molecule has 1 amide bonds. The first-order valence-corrected chi connectivity index (χ1v) is 9.72. The monoisotopic (exact) mass is 406 g/mol. The van der Waals surface area contributed by atoms with Crippen LogP contribution in [-0.4, -0.2) is 10.9 Å². The van der Waals surface area contributed by atoms with Gasteiger partial charge in [-0.15, -0.1) is 11.3 Å². The molecule has 4 nitrogen and oxygen atoms in total. The number of aromatic nitrogens is 1. The summed E-state index contributed by atoms with van der Waals surface area (Å²) in [5, 5.41) is 0.509. The Morgan fingerprint density at radius 3 is 2.85 bits per heavy atom. The van der Waals surface area contributed by atoms with E-state index in [2.05, 4.69) is 4.98 Å². The fraction of sp³-hybridized carbons (Fsp3) is 0.111. The Labute approximate surface area is 161 Å². The molecule has 0 atom stereocenters. The third-order valence-corrected chi connectivity index (χ3v) is 5.99. The van der Waals surface area contributed by atoms with Crippen molar-refractivity contribution < 1.29 is 13.6 Å². The Hall–Kier alpha value is -2.22. The second-order valence-electron chi connectivity index (χ2n) is 5.55. The minimum absolute atomic E-state index is 0.126. The third kappa shape index (κ3) is 3.65. The number of halogens is 2. The number of hydrogen-bond donors (Lipinski definition) is 0. The summed E-state index contributed by atoms with van der Waals surface area (Å²) in [5.74, 6) is 0.192. The Morgan fingerprint density at radius 2 is 2.12 bits per heavy atom. The molecule has 0 unspecified atom stereocenters. The van der Waals surface area contributed by atoms with E-state index in [1.807, 2.05) is 6.07 Å². The molecule has 3 heterocycles. The van der Waals surface area contributed by atoms with Gasteiger partial charge in [0.1, 0.15) is 11.6 Å². The number of hydrogen-bond acceptors (Lipinski definition) is 5. The van der Waals surface area contributed by atoms with Crippen molar-refractivity contribution in [3.8, 4) is 0 Å². The smallest absolute Gasteiger partial charge is 0.234 e. The summed E-state index contributed by atoms with van der Waals surface area (Å²) < 4.78 is 20.2. The van der Waals surface area contributed by atoms with E-state index in [1.54, 1.807) is 35.4 Å². The number of nitrogens with zero attached hydrogens (tertiary/aromatic N) is 2. The van der Waals surface area contributed by atoms with Gasteiger partial charge in [0.05, 0.1) is 33.8 Å². The number of carbonyl (C=O) groups is 1. The Balaban J connectivity index is 1.67. The van der Waals surface area contributed by atoms with Crippen LogP contribution in [0, 0.1) is 5.82 Å². The van der Waals surface area contributed by atoms with E-state index in [4.69, 9.17) is 16.0 Å². The number of furan rings is 1. The second-order valence-corrected chi connectivity index (χ2v) is 8.36. The van der Waals surface area contributed by atoms with Crippen molar-refractivity contribution in [3.63, 3.8) is 0 Å². The zero-order chi connectivity index (χ0) is 18.1. The molecule has 8 heteroatoms. The van der Waals surface area contributed by atoms with Crippen molar-refractivity contribution in [2.45, 2.75) is 13.0 Å². The van der Waals surface area contributed by atoms with Crippen LogP contribution in [0.2, 0.25) is 4.34 Å². The maximum atomic E-state index is 13.5. The molecule has 132 valence electrons. The summed E-state index contributed by atoms with van der Waals surface area (Å²) in [6.07, 6.45) is 1.77. The van der Waals surface area contributed by atoms with Crippen LogP contribution in [-0.2, 0) is 17.8 Å². The number of thiophene rings is 1. The van der Waals surface area contributed by atoms with Crippen molar-refractivity contribution in [2.75, 3.05) is 4.90 Å². The lowest BCUT2D eigenvalue weighted by Crippen LogP contribution is -2.31. The third-order valence-electron chi connectivity index (χ3n) is 3.72. The quantitative estimate of drug-likeness (QED) is 0.438. The van der Waals surface area contributed by atoms with E-state index < -0.39 is 0 Å². The minimum Gasteiger partial charge on any atom is -0.467 e. The number of benzene rings is 1. The summed E-state index contributed by atoms with van der Waals surface area (Å²) >= 11 is 8.60. The summed E-state index contributed by atoms with van der Waals surface area (Å²) in [5.41, 5.74) is 0.655. The number of amides is 1. The lowest BCUT2D eigenvalue weighted by molar-refractivity contribution is -0.118. The molecule has 1 aromatic carbocycles. The highest BCUT2D eigenvalue weighted by Crippen LogP contribution is 2.31. The average molecular weight is 407 g/mol. The molecule has 0 saturated carbocycles. The van der Waals surface area contributed by atoms with Gasteiger partial charge in [-0.3, -0.25) is 9.69 Å². The van der Waals surface area contributed by atoms with Crippen LogP contribution in [0.25, 0.3) is 10.2 Å². The van der Waals surface area contributed by atoms with Crippen LogP contribution in [0.5, 0.6) is 0 Å². The van der Waals surface area contributed by atoms with E-state index in [0.717, 1.165) is 4.88 Å². The van der Waals surface area contributed by atoms with E-state index in [0.29, 0.717) is 25.4 Å². The van der Waals surface area contributed by atoms with Crippen molar-refractivity contribution in [2.24, 2.45) is 0 Å². The van der Waals surface area contributed by atoms with E-state index in [9.17, 15) is 9.18 Å². The number of anilines is 1. The van der Waals surface area contributed by atoms with Crippen LogP contribution in [0.4, 0.5) is 9.52 Å². The summed E-state index contributed by atoms with van der Waals surface area (Å²) in [4.78, 5) is 19.9. The van der Waals surface area contributed by atoms with E-state index in [1.165, 1.54) is 34.8 Å². The molecule has 4 aromatic rings. The zero-order valence-electron chi connectivity index (χ0n) is 13.3. The van der Waals surface area contributed by atoms with Gasteiger partial charge < -0.3 is 4.42 Å². The second kappa shape index (κ2) is 7.19. The first-order chi connectivity index (χ1) is 12.6. The standard InChI is InChI=1S/C18H12ClFN2O2S2/c19-16-6-4-13(25-16)9-17(23)22(10-12-2-1-7-24-12)18-21-14-5-3-11(20)8-15(14)26-18/h1-8H,9-10H2. The highest BCUT2D eigenvalue weighted by molar-refractivity contribution is 7.22. The SMILES string of the molecule is O=C(Cc1ccc(Cl)s1)N(Cc1ccco1)c1nc2ccc(F)cc2s1. The molecule has 26 heavy (non-hydrogen) atoms. The summed E-state index contributed by atoms with van der Waals surface area (Å²) in [7, 11) is 0. The van der Waals surface area contributed by atoms with E-state index in [-0.39, 0.29) is 24.7 Å². The minimum atomic E-state index is -0.329. The molecule has 0 spiro atoms. The lowest BCUT2D eigenvalue weighted by atomic mass is 10.3. The van der Waals surface area contributed by atoms with Crippen LogP contribution < -0.4 is 4.90 Å². The van der Waals surface area contributed by atoms with E-state index >= 15 is 0 Å². The van der Waals surface area contributed by atoms with Gasteiger partial charge in [-0.2, -0.15) is 0 Å². The molecule has 0 aliphatic rings. The fourth-order valence-corrected chi connectivity index (χ4v) is 4.60. The molecular weight excluding hydrogens is 395 g/mol. The van der Waals surface area contributed by atoms with Gasteiger partial charge in [0.2, 0.25) is 5.91 Å². The number of fused-ring (bicyclic) bond motifs is 1. The molecule has 0 fully saturated rings. The Bertz CT molecular complexity index is 1060. The van der Waals surface area contributed by atoms with Gasteiger partial charge in [0.15, 0.2) is 5.13 Å². The van der Waals surface area contributed by atoms with Gasteiger partial charge in [0, 0.05) is 4.88 Å². The van der Waals surface area contributed by atoms with Crippen LogP contribution >= 0.6 is 34.3 Å². The van der Waals surface area contributed by atoms with Gasteiger partial charge in [-0.25, -0.2) is 9.37 Å². The van der Waals surface area contributed by atoms with Gasteiger partial charge in [-0.1, -0.05) is 22.9 Å². The first kappa shape index (κ1) is 17.2. The summed E-state index contributed by atoms with van der Waals surface area (Å²) in [6.45, 7) is 0.257. The molecule has 3 aromatic heterocycles. The van der Waals surface area contributed by atoms with Crippen LogP contribution in [0.15, 0.2) is 53.1 Å². The number of thiazole rings is 1.